The zero-order chi connectivity index (χ0) is 10.8. The molecule has 1 N–H and O–H groups in total. The molecule has 1 aliphatic heterocycles. The molecule has 1 heterocycles. The second-order valence-corrected chi connectivity index (χ2v) is 3.27. The van der Waals surface area contributed by atoms with E-state index in [1.54, 1.807) is 0 Å². The van der Waals surface area contributed by atoms with Gasteiger partial charge >= 0.3 is 12.1 Å². The fourth-order valence-electron chi connectivity index (χ4n) is 1.52. The summed E-state index contributed by atoms with van der Waals surface area (Å²) >= 11 is 0. The van der Waals surface area contributed by atoms with Crippen LogP contribution in [0.3, 0.4) is 0 Å². The van der Waals surface area contributed by atoms with Crippen LogP contribution in [-0.4, -0.2) is 31.3 Å². The molecule has 1 rings (SSSR count). The van der Waals surface area contributed by atoms with Gasteiger partial charge in [0.25, 0.3) is 0 Å². The van der Waals surface area contributed by atoms with Gasteiger partial charge in [0.05, 0.1) is 7.11 Å². The van der Waals surface area contributed by atoms with Crippen molar-refractivity contribution in [3.63, 3.8) is 0 Å². The third-order valence-electron chi connectivity index (χ3n) is 2.27. The normalized spacial score (nSPS) is 28.6. The van der Waals surface area contributed by atoms with Gasteiger partial charge in [-0.05, 0) is 19.3 Å². The van der Waals surface area contributed by atoms with Crippen molar-refractivity contribution in [1.29, 1.82) is 0 Å². The number of rotatable bonds is 1. The minimum atomic E-state index is -4.29. The highest BCUT2D eigenvalue weighted by molar-refractivity contribution is 5.75. The number of carbonyl (C=O) groups is 1. The van der Waals surface area contributed by atoms with Gasteiger partial charge < -0.3 is 4.74 Å². The summed E-state index contributed by atoms with van der Waals surface area (Å²) in [5, 5.41) is 2.24. The second-order valence-electron chi connectivity index (χ2n) is 3.27. The van der Waals surface area contributed by atoms with E-state index in [0.29, 0.717) is 12.8 Å². The number of piperidine rings is 1. The number of halogens is 3. The lowest BCUT2D eigenvalue weighted by atomic mass is 9.98. The van der Waals surface area contributed by atoms with Crippen LogP contribution < -0.4 is 5.32 Å². The van der Waals surface area contributed by atoms with E-state index in [4.69, 9.17) is 0 Å². The Morgan fingerprint density at radius 3 is 2.57 bits per heavy atom. The molecule has 3 nitrogen and oxygen atoms in total. The highest BCUT2D eigenvalue weighted by atomic mass is 19.4. The minimum Gasteiger partial charge on any atom is -0.468 e. The molecular weight excluding hydrogens is 199 g/mol. The Hall–Kier alpha value is -0.780. The van der Waals surface area contributed by atoms with Gasteiger partial charge in [-0.15, -0.1) is 0 Å². The van der Waals surface area contributed by atoms with E-state index in [0.717, 1.165) is 0 Å². The van der Waals surface area contributed by atoms with E-state index in [1.165, 1.54) is 7.11 Å². The molecule has 14 heavy (non-hydrogen) atoms. The number of ether oxygens (including phenoxy) is 1. The first kappa shape index (κ1) is 11.3. The van der Waals surface area contributed by atoms with E-state index < -0.39 is 24.2 Å². The molecule has 0 saturated carbocycles. The number of nitrogens with one attached hydrogen (secondary N) is 1. The Morgan fingerprint density at radius 1 is 1.43 bits per heavy atom. The van der Waals surface area contributed by atoms with E-state index >= 15 is 0 Å². The lowest BCUT2D eigenvalue weighted by Crippen LogP contribution is -2.53. The molecule has 0 aromatic carbocycles. The van der Waals surface area contributed by atoms with E-state index in [2.05, 4.69) is 10.1 Å². The van der Waals surface area contributed by atoms with Crippen LogP contribution in [0.1, 0.15) is 19.3 Å². The predicted molar refractivity (Wildman–Crippen MR) is 42.6 cm³/mol. The molecular formula is C8H12F3NO2. The van der Waals surface area contributed by atoms with E-state index in [9.17, 15) is 18.0 Å². The summed E-state index contributed by atoms with van der Waals surface area (Å²) in [5.74, 6) is -0.626. The first-order valence-corrected chi connectivity index (χ1v) is 4.35. The molecule has 0 aromatic rings. The third-order valence-corrected chi connectivity index (χ3v) is 2.27. The molecule has 0 radical (unpaired) electrons. The first-order chi connectivity index (χ1) is 6.45. The summed E-state index contributed by atoms with van der Waals surface area (Å²) in [7, 11) is 1.17. The molecule has 82 valence electrons. The number of hydrogen-bond acceptors (Lipinski definition) is 3. The smallest absolute Gasteiger partial charge is 0.403 e. The van der Waals surface area contributed by atoms with E-state index in [-0.39, 0.29) is 6.42 Å². The zero-order valence-corrected chi connectivity index (χ0v) is 7.73. The van der Waals surface area contributed by atoms with Crippen LogP contribution >= 0.6 is 0 Å². The van der Waals surface area contributed by atoms with Crippen LogP contribution in [-0.2, 0) is 9.53 Å². The summed E-state index contributed by atoms with van der Waals surface area (Å²) in [6.07, 6.45) is -3.47. The molecule has 0 unspecified atom stereocenters. The summed E-state index contributed by atoms with van der Waals surface area (Å²) in [6, 6.07) is -2.40. The van der Waals surface area contributed by atoms with Crippen LogP contribution in [0.5, 0.6) is 0 Å². The SMILES string of the molecule is COC(=O)[C@@H]1CCC[C@H](C(F)(F)F)N1. The van der Waals surface area contributed by atoms with Crippen LogP contribution in [0.4, 0.5) is 13.2 Å². The van der Waals surface area contributed by atoms with Crippen molar-refractivity contribution in [1.82, 2.24) is 5.32 Å². The van der Waals surface area contributed by atoms with Crippen LogP contribution in [0, 0.1) is 0 Å². The highest BCUT2D eigenvalue weighted by Crippen LogP contribution is 2.27. The lowest BCUT2D eigenvalue weighted by molar-refractivity contribution is -0.168. The predicted octanol–water partition coefficient (Wildman–Crippen LogP) is 1.23. The quantitative estimate of drug-likeness (QED) is 0.663. The van der Waals surface area contributed by atoms with E-state index in [1.807, 2.05) is 0 Å². The summed E-state index contributed by atoms with van der Waals surface area (Å²) in [5.41, 5.74) is 0. The number of alkyl halides is 3. The van der Waals surface area contributed by atoms with Crippen LogP contribution in [0.25, 0.3) is 0 Å². The van der Waals surface area contributed by atoms with Gasteiger partial charge in [-0.3, -0.25) is 10.1 Å². The number of esters is 1. The maximum Gasteiger partial charge on any atom is 0.403 e. The van der Waals surface area contributed by atoms with Crippen LogP contribution in [0.2, 0.25) is 0 Å². The van der Waals surface area contributed by atoms with Gasteiger partial charge in [0.2, 0.25) is 0 Å². The van der Waals surface area contributed by atoms with Crippen molar-refractivity contribution in [3.8, 4) is 0 Å². The van der Waals surface area contributed by atoms with Gasteiger partial charge in [0.1, 0.15) is 12.1 Å². The average Bonchev–Trinajstić information content (AvgIpc) is 2.15. The topological polar surface area (TPSA) is 38.3 Å². The van der Waals surface area contributed by atoms with Gasteiger partial charge in [-0.2, -0.15) is 13.2 Å². The molecule has 1 aliphatic rings. The Balaban J connectivity index is 2.56. The van der Waals surface area contributed by atoms with Crippen molar-refractivity contribution < 1.29 is 22.7 Å². The Morgan fingerprint density at radius 2 is 2.07 bits per heavy atom. The van der Waals surface area contributed by atoms with Crippen LogP contribution in [0.15, 0.2) is 0 Å². The number of hydrogen-bond donors (Lipinski definition) is 1. The average molecular weight is 211 g/mol. The Kier molecular flexibility index (Phi) is 3.36. The number of methoxy groups -OCH3 is 1. The molecule has 0 spiro atoms. The zero-order valence-electron chi connectivity index (χ0n) is 7.73. The molecule has 1 fully saturated rings. The standard InChI is InChI=1S/C8H12F3NO2/c1-14-7(13)5-3-2-4-6(12-5)8(9,10)11/h5-6,12H,2-4H2,1H3/t5-,6+/m0/s1. The lowest BCUT2D eigenvalue weighted by Gasteiger charge is -2.30. The summed E-state index contributed by atoms with van der Waals surface area (Å²) < 4.78 is 41.2. The minimum absolute atomic E-state index is 0.0248. The highest BCUT2D eigenvalue weighted by Gasteiger charge is 2.43. The molecule has 1 saturated heterocycles. The van der Waals surface area contributed by atoms with Crippen molar-refractivity contribution in [3.05, 3.63) is 0 Å². The fourth-order valence-corrected chi connectivity index (χ4v) is 1.52. The molecule has 6 heteroatoms. The van der Waals surface area contributed by atoms with Crippen molar-refractivity contribution in [2.45, 2.75) is 37.5 Å². The second kappa shape index (κ2) is 4.16. The van der Waals surface area contributed by atoms with Crippen molar-refractivity contribution >= 4 is 5.97 Å². The largest absolute Gasteiger partial charge is 0.468 e. The summed E-state index contributed by atoms with van der Waals surface area (Å²) in [4.78, 5) is 11.0. The molecule has 0 amide bonds. The van der Waals surface area contributed by atoms with Gasteiger partial charge in [-0.25, -0.2) is 0 Å². The van der Waals surface area contributed by atoms with Gasteiger partial charge in [0.15, 0.2) is 0 Å². The molecule has 0 aromatic heterocycles. The third kappa shape index (κ3) is 2.60. The molecule has 0 aliphatic carbocycles. The Labute approximate surface area is 79.6 Å². The monoisotopic (exact) mass is 211 g/mol. The molecule has 0 bridgehead atoms. The van der Waals surface area contributed by atoms with Crippen molar-refractivity contribution in [2.24, 2.45) is 0 Å². The maximum absolute atomic E-state index is 12.3. The molecule has 2 atom stereocenters. The summed E-state index contributed by atoms with van der Waals surface area (Å²) in [6.45, 7) is 0. The van der Waals surface area contributed by atoms with Gasteiger partial charge in [0, 0.05) is 0 Å². The van der Waals surface area contributed by atoms with Crippen molar-refractivity contribution in [2.75, 3.05) is 7.11 Å². The fraction of sp³-hybridized carbons (Fsp3) is 0.875. The Bertz CT molecular complexity index is 217. The first-order valence-electron chi connectivity index (χ1n) is 4.35. The maximum atomic E-state index is 12.3. The van der Waals surface area contributed by atoms with Gasteiger partial charge in [-0.1, -0.05) is 0 Å². The number of carbonyl (C=O) groups excluding carboxylic acids is 1.